The van der Waals surface area contributed by atoms with Crippen LogP contribution in [0.3, 0.4) is 0 Å². The molecule has 8 nitrogen and oxygen atoms in total. The van der Waals surface area contributed by atoms with Gasteiger partial charge in [0.15, 0.2) is 5.16 Å². The van der Waals surface area contributed by atoms with Gasteiger partial charge in [-0.05, 0) is 42.8 Å². The number of amides is 1. The molecule has 4 aromatic rings. The van der Waals surface area contributed by atoms with Gasteiger partial charge in [-0.15, -0.1) is 10.2 Å². The van der Waals surface area contributed by atoms with Gasteiger partial charge >= 0.3 is 0 Å². The first-order chi connectivity index (χ1) is 15.4. The molecule has 1 N–H and O–H groups in total. The fourth-order valence-corrected chi connectivity index (χ4v) is 4.28. The van der Waals surface area contributed by atoms with Crippen molar-refractivity contribution in [2.45, 2.75) is 25.0 Å². The average molecular weight is 476 g/mol. The lowest BCUT2D eigenvalue weighted by atomic mass is 10.2. The first kappa shape index (κ1) is 22.1. The number of nitrogens with one attached hydrogen (secondary N) is 1. The van der Waals surface area contributed by atoms with Crippen molar-refractivity contribution < 1.29 is 13.9 Å². The number of benzene rings is 2. The smallest absolute Gasteiger partial charge is 0.262 e. The topological polar surface area (TPSA) is 90.5 Å². The fourth-order valence-electron chi connectivity index (χ4n) is 3.37. The molecule has 32 heavy (non-hydrogen) atoms. The molecule has 0 spiro atoms. The summed E-state index contributed by atoms with van der Waals surface area (Å²) in [5.74, 6) is 0.0396. The summed E-state index contributed by atoms with van der Waals surface area (Å²) in [5.41, 5.74) is 0.598. The summed E-state index contributed by atoms with van der Waals surface area (Å²) in [6.07, 6.45) is 0.690. The van der Waals surface area contributed by atoms with Crippen LogP contribution in [0.15, 0.2) is 46.3 Å². The van der Waals surface area contributed by atoms with Gasteiger partial charge < -0.3 is 10.1 Å². The van der Waals surface area contributed by atoms with Gasteiger partial charge in [0.05, 0.1) is 29.5 Å². The van der Waals surface area contributed by atoms with E-state index in [2.05, 4.69) is 15.5 Å². The zero-order valence-electron chi connectivity index (χ0n) is 17.3. The predicted molar refractivity (Wildman–Crippen MR) is 122 cm³/mol. The van der Waals surface area contributed by atoms with E-state index in [-0.39, 0.29) is 22.6 Å². The molecule has 1 amide bonds. The van der Waals surface area contributed by atoms with Crippen LogP contribution in [-0.2, 0) is 11.3 Å². The minimum absolute atomic E-state index is 0.0199. The summed E-state index contributed by atoms with van der Waals surface area (Å²) in [5, 5.41) is 12.2. The molecule has 2 aromatic carbocycles. The van der Waals surface area contributed by atoms with Crippen LogP contribution < -0.4 is 15.6 Å². The molecule has 166 valence electrons. The van der Waals surface area contributed by atoms with Gasteiger partial charge in [-0.3, -0.25) is 18.6 Å². The summed E-state index contributed by atoms with van der Waals surface area (Å²) in [6, 6.07) is 8.92. The number of anilines is 1. The Balaban J connectivity index is 1.67. The maximum Gasteiger partial charge on any atom is 0.262 e. The second-order valence-corrected chi connectivity index (χ2v) is 8.30. The first-order valence-electron chi connectivity index (χ1n) is 9.76. The van der Waals surface area contributed by atoms with Crippen LogP contribution in [0, 0.1) is 5.82 Å². The summed E-state index contributed by atoms with van der Waals surface area (Å²) < 4.78 is 22.2. The Kier molecular flexibility index (Phi) is 6.33. The average Bonchev–Trinajstić information content (AvgIpc) is 3.19. The normalized spacial score (nSPS) is 11.2. The van der Waals surface area contributed by atoms with Crippen LogP contribution in [0.25, 0.3) is 16.7 Å². The molecular weight excluding hydrogens is 457 g/mol. The number of aromatic nitrogens is 4. The van der Waals surface area contributed by atoms with E-state index >= 15 is 0 Å². The van der Waals surface area contributed by atoms with Gasteiger partial charge in [0.2, 0.25) is 11.7 Å². The van der Waals surface area contributed by atoms with E-state index < -0.39 is 5.82 Å². The molecule has 0 unspecified atom stereocenters. The van der Waals surface area contributed by atoms with E-state index in [9.17, 15) is 14.0 Å². The van der Waals surface area contributed by atoms with E-state index in [1.807, 2.05) is 6.92 Å². The van der Waals surface area contributed by atoms with Crippen molar-refractivity contribution in [1.82, 2.24) is 19.2 Å². The van der Waals surface area contributed by atoms with Gasteiger partial charge in [0.1, 0.15) is 11.6 Å². The highest BCUT2D eigenvalue weighted by molar-refractivity contribution is 7.99. The maximum atomic E-state index is 13.8. The monoisotopic (exact) mass is 475 g/mol. The fraction of sp³-hybridized carbons (Fsp3) is 0.238. The van der Waals surface area contributed by atoms with Gasteiger partial charge in [0, 0.05) is 11.6 Å². The SMILES string of the molecule is CCCn1c(=O)c2cc(F)ccc2n2c(SCC(=O)Nc3cc(Cl)ccc3OC)nnc12. The van der Waals surface area contributed by atoms with Crippen LogP contribution in [0.1, 0.15) is 13.3 Å². The lowest BCUT2D eigenvalue weighted by molar-refractivity contribution is -0.113. The summed E-state index contributed by atoms with van der Waals surface area (Å²) in [7, 11) is 1.50. The highest BCUT2D eigenvalue weighted by Gasteiger charge is 2.18. The number of nitrogens with zero attached hydrogens (tertiary/aromatic N) is 4. The Labute approximate surface area is 191 Å². The molecule has 0 aliphatic carbocycles. The molecular formula is C21H19ClFN5O3S. The lowest BCUT2D eigenvalue weighted by Gasteiger charge is -2.11. The third-order valence-electron chi connectivity index (χ3n) is 4.75. The van der Waals surface area contributed by atoms with E-state index in [1.165, 1.54) is 29.9 Å². The van der Waals surface area contributed by atoms with E-state index in [0.717, 1.165) is 11.8 Å². The largest absolute Gasteiger partial charge is 0.495 e. The predicted octanol–water partition coefficient (Wildman–Crippen LogP) is 3.99. The van der Waals surface area contributed by atoms with Crippen LogP contribution in [0.5, 0.6) is 5.75 Å². The molecule has 2 aromatic heterocycles. The molecule has 2 heterocycles. The van der Waals surface area contributed by atoms with Gasteiger partial charge in [-0.25, -0.2) is 4.39 Å². The highest BCUT2D eigenvalue weighted by Crippen LogP contribution is 2.28. The minimum Gasteiger partial charge on any atom is -0.495 e. The van der Waals surface area contributed by atoms with Crippen molar-refractivity contribution in [3.05, 3.63) is 57.6 Å². The number of rotatable bonds is 7. The zero-order chi connectivity index (χ0) is 22.8. The lowest BCUT2D eigenvalue weighted by Crippen LogP contribution is -2.23. The quantitative estimate of drug-likeness (QED) is 0.406. The second kappa shape index (κ2) is 9.17. The van der Waals surface area contributed by atoms with Crippen LogP contribution >= 0.6 is 23.4 Å². The molecule has 0 saturated carbocycles. The van der Waals surface area contributed by atoms with Crippen LogP contribution in [0.4, 0.5) is 10.1 Å². The van der Waals surface area contributed by atoms with Crippen molar-refractivity contribution in [3.63, 3.8) is 0 Å². The van der Waals surface area contributed by atoms with Gasteiger partial charge in [0.25, 0.3) is 5.56 Å². The number of carbonyl (C=O) groups is 1. The molecule has 0 atom stereocenters. The molecule has 11 heteroatoms. The first-order valence-corrected chi connectivity index (χ1v) is 11.1. The molecule has 0 fully saturated rings. The second-order valence-electron chi connectivity index (χ2n) is 6.92. The standard InChI is InChI=1S/C21H19ClFN5O3S/c1-3-8-27-19(30)14-10-13(23)5-6-16(14)28-20(27)25-26-21(28)32-11-18(29)24-15-9-12(22)4-7-17(15)31-2/h4-7,9-10H,3,8,11H2,1-2H3,(H,24,29). The number of hydrogen-bond donors (Lipinski definition) is 1. The van der Waals surface area contributed by atoms with Crippen molar-refractivity contribution >= 4 is 51.6 Å². The Morgan fingerprint density at radius 3 is 2.81 bits per heavy atom. The van der Waals surface area contributed by atoms with Crippen molar-refractivity contribution in [2.24, 2.45) is 0 Å². The van der Waals surface area contributed by atoms with Crippen LogP contribution in [-0.4, -0.2) is 37.9 Å². The number of thioether (sulfide) groups is 1. The molecule has 0 saturated heterocycles. The van der Waals surface area contributed by atoms with Gasteiger partial charge in [-0.2, -0.15) is 0 Å². The molecule has 4 rings (SSSR count). The number of halogens is 2. The highest BCUT2D eigenvalue weighted by atomic mass is 35.5. The Morgan fingerprint density at radius 2 is 2.06 bits per heavy atom. The number of aryl methyl sites for hydroxylation is 1. The summed E-state index contributed by atoms with van der Waals surface area (Å²) >= 11 is 7.16. The van der Waals surface area contributed by atoms with E-state index in [4.69, 9.17) is 16.3 Å². The molecule has 0 aliphatic heterocycles. The van der Waals surface area contributed by atoms with Crippen molar-refractivity contribution in [3.8, 4) is 5.75 Å². The number of hydrogen-bond acceptors (Lipinski definition) is 6. The van der Waals surface area contributed by atoms with E-state index in [0.29, 0.717) is 45.9 Å². The molecule has 0 radical (unpaired) electrons. The summed E-state index contributed by atoms with van der Waals surface area (Å²) in [4.78, 5) is 25.4. The minimum atomic E-state index is -0.505. The third-order valence-corrected chi connectivity index (χ3v) is 5.91. The van der Waals surface area contributed by atoms with E-state index in [1.54, 1.807) is 22.6 Å². The Bertz CT molecular complexity index is 1390. The maximum absolute atomic E-state index is 13.8. The third kappa shape index (κ3) is 4.15. The Morgan fingerprint density at radius 1 is 1.25 bits per heavy atom. The summed E-state index contributed by atoms with van der Waals surface area (Å²) in [6.45, 7) is 2.34. The van der Waals surface area contributed by atoms with Crippen molar-refractivity contribution in [1.29, 1.82) is 0 Å². The van der Waals surface area contributed by atoms with Gasteiger partial charge in [-0.1, -0.05) is 30.3 Å². The van der Waals surface area contributed by atoms with Crippen molar-refractivity contribution in [2.75, 3.05) is 18.2 Å². The zero-order valence-corrected chi connectivity index (χ0v) is 18.8. The number of ether oxygens (including phenoxy) is 1. The Hall–Kier alpha value is -3.11. The number of methoxy groups -OCH3 is 1. The number of carbonyl (C=O) groups excluding carboxylic acids is 1. The molecule has 0 bridgehead atoms. The molecule has 0 aliphatic rings. The van der Waals surface area contributed by atoms with Crippen LogP contribution in [0.2, 0.25) is 5.02 Å². The number of fused-ring (bicyclic) bond motifs is 3.